The molecule has 0 heterocycles. The third-order valence-electron chi connectivity index (χ3n) is 3.05. The number of rotatable bonds is 6. The smallest absolute Gasteiger partial charge is 0.390 e. The molecule has 0 aliphatic rings. The van der Waals surface area contributed by atoms with Crippen LogP contribution in [-0.2, 0) is 9.47 Å². The summed E-state index contributed by atoms with van der Waals surface area (Å²) in [5, 5.41) is 0. The van der Waals surface area contributed by atoms with Gasteiger partial charge in [-0.1, -0.05) is 13.8 Å². The van der Waals surface area contributed by atoms with Gasteiger partial charge in [-0.15, -0.1) is 0 Å². The fourth-order valence-electron chi connectivity index (χ4n) is 1.42. The van der Waals surface area contributed by atoms with Crippen molar-refractivity contribution in [2.75, 3.05) is 0 Å². The van der Waals surface area contributed by atoms with E-state index in [2.05, 4.69) is 9.47 Å². The molecule has 0 amide bonds. The number of hydrogen-bond donors (Lipinski definition) is 0. The zero-order valence-electron chi connectivity index (χ0n) is 12.7. The topological polar surface area (TPSA) is 35.5 Å². The van der Waals surface area contributed by atoms with E-state index in [1.54, 1.807) is 0 Å². The molecule has 0 bridgehead atoms. The lowest BCUT2D eigenvalue weighted by Gasteiger charge is -2.35. The molecule has 2 atom stereocenters. The summed E-state index contributed by atoms with van der Waals surface area (Å²) in [5.74, 6) is -23.3. The normalized spacial score (nSPS) is 18.7. The second-order valence-electron chi connectivity index (χ2n) is 4.76. The summed E-state index contributed by atoms with van der Waals surface area (Å²) in [5.41, 5.74) is 0. The number of carbonyl (C=O) groups is 1. The number of ether oxygens (including phenoxy) is 2. The Hall–Kier alpha value is -1.57. The zero-order valence-corrected chi connectivity index (χ0v) is 12.7. The molecule has 26 heavy (non-hydrogen) atoms. The molecule has 3 nitrogen and oxygen atoms in total. The van der Waals surface area contributed by atoms with E-state index in [1.165, 1.54) is 0 Å². The highest BCUT2D eigenvalue weighted by Gasteiger charge is 2.75. The Balaban J connectivity index is 5.69. The van der Waals surface area contributed by atoms with Crippen LogP contribution in [0.1, 0.15) is 26.7 Å². The van der Waals surface area contributed by atoms with Crippen molar-refractivity contribution in [2.45, 2.75) is 62.6 Å². The summed E-state index contributed by atoms with van der Waals surface area (Å²) in [4.78, 5) is 11.0. The van der Waals surface area contributed by atoms with E-state index in [1.807, 2.05) is 0 Å². The summed E-state index contributed by atoms with van der Waals surface area (Å²) in [6.07, 6.45) is -20.4. The second-order valence-corrected chi connectivity index (χ2v) is 4.76. The molecule has 0 aliphatic carbocycles. The van der Waals surface area contributed by atoms with E-state index in [9.17, 15) is 57.5 Å². The molecule has 0 aromatic carbocycles. The molecule has 0 aromatic rings. The Morgan fingerprint density at radius 3 is 1.00 bits per heavy atom. The summed E-state index contributed by atoms with van der Waals surface area (Å²) < 4.78 is 158. The molecule has 0 saturated carbocycles. The van der Waals surface area contributed by atoms with E-state index >= 15 is 0 Å². The van der Waals surface area contributed by atoms with Crippen LogP contribution >= 0.6 is 0 Å². The maximum atomic E-state index is 13.7. The Labute approximate surface area is 137 Å². The average Bonchev–Trinajstić information content (AvgIpc) is 2.43. The highest BCUT2D eigenvalue weighted by Crippen LogP contribution is 2.50. The maximum Gasteiger partial charge on any atom is 0.514 e. The van der Waals surface area contributed by atoms with Crippen LogP contribution in [0.3, 0.4) is 0 Å². The fourth-order valence-corrected chi connectivity index (χ4v) is 1.42. The molecule has 0 spiro atoms. The molecule has 0 aromatic heterocycles. The van der Waals surface area contributed by atoms with Gasteiger partial charge in [-0.25, -0.2) is 4.79 Å². The SMILES string of the molecule is CCC(F)(OC(=O)OC(F)(CC)C(F)(F)C(F)(F)F)C(F)(F)C(F)(F)F. The van der Waals surface area contributed by atoms with Crippen LogP contribution in [0.5, 0.6) is 0 Å². The van der Waals surface area contributed by atoms with Gasteiger partial charge in [0.15, 0.2) is 0 Å². The van der Waals surface area contributed by atoms with Crippen LogP contribution in [0.2, 0.25) is 0 Å². The zero-order chi connectivity index (χ0) is 21.4. The monoisotopic (exact) mass is 418 g/mol. The molecule has 0 rings (SSSR count). The van der Waals surface area contributed by atoms with Crippen molar-refractivity contribution in [1.82, 2.24) is 0 Å². The predicted octanol–water partition coefficient (Wildman–Crippen LogP) is 5.69. The van der Waals surface area contributed by atoms with Gasteiger partial charge in [0, 0.05) is 12.8 Å². The minimum absolute atomic E-state index is 0.291. The molecule has 0 aliphatic heterocycles. The fraction of sp³-hybridized carbons (Fsp3) is 0.909. The summed E-state index contributed by atoms with van der Waals surface area (Å²) >= 11 is 0. The van der Waals surface area contributed by atoms with Gasteiger partial charge in [0.25, 0.3) is 0 Å². The average molecular weight is 418 g/mol. The van der Waals surface area contributed by atoms with Crippen molar-refractivity contribution in [3.8, 4) is 0 Å². The second kappa shape index (κ2) is 6.87. The van der Waals surface area contributed by atoms with Crippen molar-refractivity contribution in [3.05, 3.63) is 0 Å². The van der Waals surface area contributed by atoms with Crippen LogP contribution in [0.4, 0.5) is 57.5 Å². The minimum Gasteiger partial charge on any atom is -0.390 e. The number of hydrogen-bond acceptors (Lipinski definition) is 3. The van der Waals surface area contributed by atoms with Crippen molar-refractivity contribution in [2.24, 2.45) is 0 Å². The molecule has 2 unspecified atom stereocenters. The third kappa shape index (κ3) is 4.05. The standard InChI is InChI=1S/C11H10F12O3/c1-3-6(12,8(14,15)10(18,19)20)25-5(24)26-7(13,4-2)9(16,17)11(21,22)23/h3-4H2,1-2H3. The van der Waals surface area contributed by atoms with Gasteiger partial charge in [-0.2, -0.15) is 52.7 Å². The molecule has 0 N–H and O–H groups in total. The van der Waals surface area contributed by atoms with Gasteiger partial charge in [-0.05, 0) is 0 Å². The van der Waals surface area contributed by atoms with Crippen molar-refractivity contribution in [1.29, 1.82) is 0 Å². The highest BCUT2D eigenvalue weighted by atomic mass is 19.4. The van der Waals surface area contributed by atoms with Gasteiger partial charge >= 0.3 is 42.1 Å². The van der Waals surface area contributed by atoms with E-state index in [-0.39, 0.29) is 0 Å². The number of carbonyl (C=O) groups excluding carboxylic acids is 1. The van der Waals surface area contributed by atoms with Crippen molar-refractivity contribution >= 4 is 6.16 Å². The van der Waals surface area contributed by atoms with Crippen molar-refractivity contribution < 1.29 is 67.0 Å². The Kier molecular flexibility index (Phi) is 6.45. The molecule has 0 radical (unpaired) electrons. The van der Waals surface area contributed by atoms with Gasteiger partial charge in [0.1, 0.15) is 0 Å². The van der Waals surface area contributed by atoms with Crippen molar-refractivity contribution in [3.63, 3.8) is 0 Å². The largest absolute Gasteiger partial charge is 0.514 e. The van der Waals surface area contributed by atoms with Crippen LogP contribution in [-0.4, -0.2) is 42.1 Å². The van der Waals surface area contributed by atoms with E-state index in [0.717, 1.165) is 0 Å². The number of alkyl halides is 12. The molecule has 15 heteroatoms. The Morgan fingerprint density at radius 1 is 0.615 bits per heavy atom. The first-order chi connectivity index (χ1) is 11.2. The summed E-state index contributed by atoms with van der Waals surface area (Å²) in [7, 11) is 0. The van der Waals surface area contributed by atoms with Crippen LogP contribution in [0, 0.1) is 0 Å². The number of halogens is 12. The Bertz CT molecular complexity index is 470. The van der Waals surface area contributed by atoms with Gasteiger partial charge in [-0.3, -0.25) is 0 Å². The first-order valence-electron chi connectivity index (χ1n) is 6.41. The van der Waals surface area contributed by atoms with E-state index in [4.69, 9.17) is 0 Å². The molecule has 0 saturated heterocycles. The lowest BCUT2D eigenvalue weighted by molar-refractivity contribution is -0.389. The molecular weight excluding hydrogens is 408 g/mol. The third-order valence-corrected chi connectivity index (χ3v) is 3.05. The van der Waals surface area contributed by atoms with Gasteiger partial charge < -0.3 is 9.47 Å². The van der Waals surface area contributed by atoms with Crippen LogP contribution < -0.4 is 0 Å². The van der Waals surface area contributed by atoms with Gasteiger partial charge in [0.2, 0.25) is 0 Å². The molecule has 156 valence electrons. The first-order valence-corrected chi connectivity index (χ1v) is 6.41. The lowest BCUT2D eigenvalue weighted by atomic mass is 10.1. The quantitative estimate of drug-likeness (QED) is 0.411. The molecular formula is C11H10F12O3. The lowest BCUT2D eigenvalue weighted by Crippen LogP contribution is -2.59. The minimum atomic E-state index is -6.65. The Morgan fingerprint density at radius 2 is 0.846 bits per heavy atom. The molecule has 0 fully saturated rings. The summed E-state index contributed by atoms with van der Waals surface area (Å²) in [6, 6.07) is 0. The van der Waals surface area contributed by atoms with E-state index < -0.39 is 54.9 Å². The predicted molar refractivity (Wildman–Crippen MR) is 57.8 cm³/mol. The van der Waals surface area contributed by atoms with Gasteiger partial charge in [0.05, 0.1) is 0 Å². The van der Waals surface area contributed by atoms with Crippen LogP contribution in [0.15, 0.2) is 0 Å². The first kappa shape index (κ1) is 24.4. The van der Waals surface area contributed by atoms with Crippen LogP contribution in [0.25, 0.3) is 0 Å². The summed E-state index contributed by atoms with van der Waals surface area (Å²) in [6.45, 7) is 0.583. The van der Waals surface area contributed by atoms with E-state index in [0.29, 0.717) is 13.8 Å². The highest BCUT2D eigenvalue weighted by molar-refractivity contribution is 5.61. The maximum absolute atomic E-state index is 13.7.